The van der Waals surface area contributed by atoms with Gasteiger partial charge in [0.1, 0.15) is 5.76 Å². The number of aryl methyl sites for hydroxylation is 1. The number of aromatic nitrogens is 1. The average molecular weight is 265 g/mol. The third-order valence-electron chi connectivity index (χ3n) is 4.12. The van der Waals surface area contributed by atoms with Crippen molar-refractivity contribution in [1.82, 2.24) is 15.0 Å². The fourth-order valence-corrected chi connectivity index (χ4v) is 3.33. The summed E-state index contributed by atoms with van der Waals surface area (Å²) in [5.74, 6) is 0.885. The minimum Gasteiger partial charge on any atom is -0.371 e. The summed E-state index contributed by atoms with van der Waals surface area (Å²) < 4.78 is 11.3. The van der Waals surface area contributed by atoms with E-state index in [0.29, 0.717) is 0 Å². The molecule has 1 aromatic rings. The van der Waals surface area contributed by atoms with Crippen molar-refractivity contribution in [2.45, 2.75) is 31.9 Å². The zero-order valence-electron chi connectivity index (χ0n) is 11.9. The first kappa shape index (κ1) is 13.1. The topological polar surface area (TPSA) is 41.7 Å². The molecule has 0 bridgehead atoms. The molecule has 5 heteroatoms. The largest absolute Gasteiger partial charge is 0.371 e. The van der Waals surface area contributed by atoms with Gasteiger partial charge in [0.05, 0.1) is 17.9 Å². The van der Waals surface area contributed by atoms with Crippen LogP contribution in [0, 0.1) is 6.92 Å². The molecule has 2 aliphatic heterocycles. The molecule has 3 rings (SSSR count). The van der Waals surface area contributed by atoms with Gasteiger partial charge in [-0.05, 0) is 33.4 Å². The van der Waals surface area contributed by atoms with Crippen molar-refractivity contribution in [3.05, 3.63) is 17.5 Å². The van der Waals surface area contributed by atoms with E-state index >= 15 is 0 Å². The lowest BCUT2D eigenvalue weighted by Gasteiger charge is -2.47. The lowest BCUT2D eigenvalue weighted by atomic mass is 9.91. The Bertz CT molecular complexity index is 430. The number of nitrogens with zero attached hydrogens (tertiary/aromatic N) is 3. The Balaban J connectivity index is 1.64. The van der Waals surface area contributed by atoms with E-state index in [1.165, 1.54) is 12.8 Å². The summed E-state index contributed by atoms with van der Waals surface area (Å²) >= 11 is 0. The summed E-state index contributed by atoms with van der Waals surface area (Å²) in [6, 6.07) is 2.02. The lowest BCUT2D eigenvalue weighted by molar-refractivity contribution is -0.136. The van der Waals surface area contributed by atoms with Crippen molar-refractivity contribution in [3.63, 3.8) is 0 Å². The molecule has 0 aliphatic carbocycles. The molecule has 106 valence electrons. The van der Waals surface area contributed by atoms with Crippen LogP contribution in [-0.4, -0.2) is 60.4 Å². The Hall–Kier alpha value is -0.910. The second-order valence-corrected chi connectivity index (χ2v) is 6.01. The van der Waals surface area contributed by atoms with Gasteiger partial charge >= 0.3 is 0 Å². The van der Waals surface area contributed by atoms with E-state index in [2.05, 4.69) is 22.0 Å². The summed E-state index contributed by atoms with van der Waals surface area (Å²) in [5.41, 5.74) is 1.06. The fourth-order valence-electron chi connectivity index (χ4n) is 3.33. The highest BCUT2D eigenvalue weighted by atomic mass is 16.5. The first-order valence-electron chi connectivity index (χ1n) is 7.12. The van der Waals surface area contributed by atoms with E-state index in [9.17, 15) is 0 Å². The molecule has 2 aliphatic rings. The molecule has 0 aromatic carbocycles. The maximum atomic E-state index is 6.12. The molecule has 1 atom stereocenters. The molecule has 2 saturated heterocycles. The minimum absolute atomic E-state index is 0.0318. The summed E-state index contributed by atoms with van der Waals surface area (Å²) in [6.07, 6.45) is 2.37. The normalized spacial score (nSPS) is 30.0. The molecule has 3 heterocycles. The zero-order chi connectivity index (χ0) is 13.3. The van der Waals surface area contributed by atoms with E-state index in [4.69, 9.17) is 9.26 Å². The molecule has 0 unspecified atom stereocenters. The third-order valence-corrected chi connectivity index (χ3v) is 4.12. The molecule has 2 fully saturated rings. The summed E-state index contributed by atoms with van der Waals surface area (Å²) in [7, 11) is 2.18. The summed E-state index contributed by atoms with van der Waals surface area (Å²) in [4.78, 5) is 4.83. The highest BCUT2D eigenvalue weighted by Gasteiger charge is 2.39. The Morgan fingerprint density at radius 3 is 3.00 bits per heavy atom. The van der Waals surface area contributed by atoms with Gasteiger partial charge in [-0.2, -0.15) is 0 Å². The summed E-state index contributed by atoms with van der Waals surface area (Å²) in [6.45, 7) is 7.88. The Morgan fingerprint density at radius 2 is 2.26 bits per heavy atom. The Labute approximate surface area is 114 Å². The van der Waals surface area contributed by atoms with Crippen LogP contribution in [0.3, 0.4) is 0 Å². The standard InChI is InChI=1S/C14H23N3O2/c1-12-8-13(15-19-12)9-17-5-3-4-14(11-17)10-16(2)6-7-18-14/h8H,3-7,9-11H2,1-2H3/t14-/m1/s1. The molecular formula is C14H23N3O2. The number of morpholine rings is 1. The van der Waals surface area contributed by atoms with Crippen LogP contribution in [0.25, 0.3) is 0 Å². The van der Waals surface area contributed by atoms with Crippen LogP contribution in [0.15, 0.2) is 10.6 Å². The number of hydrogen-bond acceptors (Lipinski definition) is 5. The monoisotopic (exact) mass is 265 g/mol. The molecule has 19 heavy (non-hydrogen) atoms. The van der Waals surface area contributed by atoms with E-state index in [-0.39, 0.29) is 5.60 Å². The maximum Gasteiger partial charge on any atom is 0.133 e. The van der Waals surface area contributed by atoms with Crippen molar-refractivity contribution in [2.24, 2.45) is 0 Å². The number of rotatable bonds is 2. The van der Waals surface area contributed by atoms with Gasteiger partial charge in [-0.1, -0.05) is 5.16 Å². The van der Waals surface area contributed by atoms with Crippen molar-refractivity contribution in [2.75, 3.05) is 39.8 Å². The van der Waals surface area contributed by atoms with Crippen molar-refractivity contribution >= 4 is 0 Å². The third kappa shape index (κ3) is 2.99. The minimum atomic E-state index is 0.0318. The molecule has 0 saturated carbocycles. The van der Waals surface area contributed by atoms with Gasteiger partial charge in [0, 0.05) is 32.2 Å². The van der Waals surface area contributed by atoms with Crippen LogP contribution in [0.5, 0.6) is 0 Å². The molecule has 1 aromatic heterocycles. The molecule has 0 radical (unpaired) electrons. The number of piperidine rings is 1. The number of hydrogen-bond donors (Lipinski definition) is 0. The smallest absolute Gasteiger partial charge is 0.133 e. The van der Waals surface area contributed by atoms with Gasteiger partial charge in [0.15, 0.2) is 0 Å². The first-order chi connectivity index (χ1) is 9.15. The number of likely N-dealkylation sites (N-methyl/N-ethyl adjacent to an activating group) is 1. The second-order valence-electron chi connectivity index (χ2n) is 6.01. The van der Waals surface area contributed by atoms with E-state index in [1.54, 1.807) is 0 Å². The number of likely N-dealkylation sites (tertiary alicyclic amines) is 1. The van der Waals surface area contributed by atoms with E-state index in [0.717, 1.165) is 50.8 Å². The van der Waals surface area contributed by atoms with Gasteiger partial charge in [0.25, 0.3) is 0 Å². The van der Waals surface area contributed by atoms with Gasteiger partial charge in [-0.3, -0.25) is 4.90 Å². The van der Waals surface area contributed by atoms with Gasteiger partial charge in [-0.25, -0.2) is 0 Å². The van der Waals surface area contributed by atoms with Crippen molar-refractivity contribution in [1.29, 1.82) is 0 Å². The molecule has 1 spiro atoms. The van der Waals surface area contributed by atoms with Crippen molar-refractivity contribution in [3.8, 4) is 0 Å². The van der Waals surface area contributed by atoms with Gasteiger partial charge in [-0.15, -0.1) is 0 Å². The van der Waals surface area contributed by atoms with Gasteiger partial charge in [0.2, 0.25) is 0 Å². The quantitative estimate of drug-likeness (QED) is 0.806. The predicted octanol–water partition coefficient (Wildman–Crippen LogP) is 1.28. The molecular weight excluding hydrogens is 242 g/mol. The number of ether oxygens (including phenoxy) is 1. The van der Waals surface area contributed by atoms with Gasteiger partial charge < -0.3 is 14.2 Å². The van der Waals surface area contributed by atoms with Crippen LogP contribution in [-0.2, 0) is 11.3 Å². The van der Waals surface area contributed by atoms with Crippen LogP contribution in [0.1, 0.15) is 24.3 Å². The van der Waals surface area contributed by atoms with E-state index < -0.39 is 0 Å². The van der Waals surface area contributed by atoms with Crippen molar-refractivity contribution < 1.29 is 9.26 Å². The molecule has 0 N–H and O–H groups in total. The van der Waals surface area contributed by atoms with Crippen LogP contribution < -0.4 is 0 Å². The fraction of sp³-hybridized carbons (Fsp3) is 0.786. The SMILES string of the molecule is Cc1cc(CN2CCC[C@@]3(CN(C)CCO3)C2)no1. The van der Waals surface area contributed by atoms with Crippen LogP contribution >= 0.6 is 0 Å². The second kappa shape index (κ2) is 5.23. The Morgan fingerprint density at radius 1 is 1.37 bits per heavy atom. The Kier molecular flexibility index (Phi) is 3.60. The lowest BCUT2D eigenvalue weighted by Crippen LogP contribution is -2.58. The van der Waals surface area contributed by atoms with Crippen LogP contribution in [0.2, 0.25) is 0 Å². The molecule has 0 amide bonds. The average Bonchev–Trinajstić information content (AvgIpc) is 2.74. The first-order valence-corrected chi connectivity index (χ1v) is 7.12. The maximum absolute atomic E-state index is 6.12. The van der Waals surface area contributed by atoms with Crippen LogP contribution in [0.4, 0.5) is 0 Å². The highest BCUT2D eigenvalue weighted by Crippen LogP contribution is 2.29. The highest BCUT2D eigenvalue weighted by molar-refractivity contribution is 5.04. The zero-order valence-corrected chi connectivity index (χ0v) is 11.9. The predicted molar refractivity (Wildman–Crippen MR) is 71.9 cm³/mol. The van der Waals surface area contributed by atoms with E-state index in [1.807, 2.05) is 13.0 Å². The summed E-state index contributed by atoms with van der Waals surface area (Å²) in [5, 5.41) is 4.09. The molecule has 5 nitrogen and oxygen atoms in total.